The average molecular weight is 516 g/mol. The molecule has 0 bridgehead atoms. The summed E-state index contributed by atoms with van der Waals surface area (Å²) in [6.07, 6.45) is 1.92. The van der Waals surface area contributed by atoms with Gasteiger partial charge in [0.2, 0.25) is 0 Å². The smallest absolute Gasteiger partial charge is 0.193 e. The molecule has 0 unspecified atom stereocenters. The predicted molar refractivity (Wildman–Crippen MR) is 126 cm³/mol. The van der Waals surface area contributed by atoms with Gasteiger partial charge in [-0.05, 0) is 23.3 Å². The van der Waals surface area contributed by atoms with E-state index in [1.807, 2.05) is 37.5 Å². The largest absolute Gasteiger partial charge is 0.378 e. The summed E-state index contributed by atoms with van der Waals surface area (Å²) in [6.45, 7) is 4.66. The Labute approximate surface area is 189 Å². The number of aromatic nitrogens is 1. The van der Waals surface area contributed by atoms with Crippen molar-refractivity contribution >= 4 is 47.4 Å². The number of nitrogens with zero attached hydrogens (tertiary/aromatic N) is 4. The van der Waals surface area contributed by atoms with Gasteiger partial charge in [-0.15, -0.1) is 24.0 Å². The minimum Gasteiger partial charge on any atom is -0.378 e. The zero-order chi connectivity index (χ0) is 19.1. The molecule has 1 aromatic carbocycles. The number of pyridine rings is 1. The monoisotopic (exact) mass is 515 g/mol. The van der Waals surface area contributed by atoms with E-state index in [1.54, 1.807) is 7.05 Å². The van der Waals surface area contributed by atoms with Crippen molar-refractivity contribution in [2.45, 2.75) is 13.1 Å². The first-order valence-corrected chi connectivity index (χ1v) is 9.48. The molecule has 1 aliphatic heterocycles. The van der Waals surface area contributed by atoms with Gasteiger partial charge in [0.05, 0.1) is 13.2 Å². The Morgan fingerprint density at radius 1 is 1.25 bits per heavy atom. The van der Waals surface area contributed by atoms with Crippen LogP contribution < -0.4 is 10.2 Å². The molecule has 0 atom stereocenters. The normalized spacial score (nSPS) is 14.4. The van der Waals surface area contributed by atoms with Crippen molar-refractivity contribution in [1.29, 1.82) is 0 Å². The van der Waals surface area contributed by atoms with E-state index in [2.05, 4.69) is 37.2 Å². The number of halogens is 2. The molecule has 28 heavy (non-hydrogen) atoms. The third-order valence-corrected chi connectivity index (χ3v) is 4.90. The summed E-state index contributed by atoms with van der Waals surface area (Å²) < 4.78 is 5.39. The standard InChI is InChI=1S/C20H26ClN5O.HI/c1-22-20(25(2)15-17-5-3-4-6-18(17)21)24-14-16-7-8-19(23-13-16)26-9-11-27-12-10-26;/h3-8,13H,9-12,14-15H2,1-2H3,(H,22,24);1H. The molecule has 1 N–H and O–H groups in total. The minimum absolute atomic E-state index is 0. The van der Waals surface area contributed by atoms with Gasteiger partial charge in [-0.3, -0.25) is 4.99 Å². The molecule has 152 valence electrons. The van der Waals surface area contributed by atoms with Crippen LogP contribution in [0.25, 0.3) is 0 Å². The van der Waals surface area contributed by atoms with E-state index >= 15 is 0 Å². The first kappa shape index (κ1) is 22.7. The van der Waals surface area contributed by atoms with Gasteiger partial charge in [0.15, 0.2) is 5.96 Å². The summed E-state index contributed by atoms with van der Waals surface area (Å²) in [5, 5.41) is 4.15. The first-order valence-electron chi connectivity index (χ1n) is 9.10. The summed E-state index contributed by atoms with van der Waals surface area (Å²) >= 11 is 6.26. The summed E-state index contributed by atoms with van der Waals surface area (Å²) in [5.41, 5.74) is 2.18. The summed E-state index contributed by atoms with van der Waals surface area (Å²) in [4.78, 5) is 13.3. The third kappa shape index (κ3) is 6.22. The highest BCUT2D eigenvalue weighted by Gasteiger charge is 2.12. The van der Waals surface area contributed by atoms with Crippen LogP contribution in [0.1, 0.15) is 11.1 Å². The molecule has 8 heteroatoms. The first-order chi connectivity index (χ1) is 13.2. The van der Waals surface area contributed by atoms with Crippen LogP contribution in [0.5, 0.6) is 0 Å². The molecule has 3 rings (SSSR count). The fourth-order valence-corrected chi connectivity index (χ4v) is 3.22. The number of benzene rings is 1. The van der Waals surface area contributed by atoms with Crippen molar-refractivity contribution in [3.05, 3.63) is 58.7 Å². The zero-order valence-corrected chi connectivity index (χ0v) is 19.4. The number of morpholine rings is 1. The summed E-state index contributed by atoms with van der Waals surface area (Å²) in [7, 11) is 3.78. The molecule has 1 aromatic heterocycles. The summed E-state index contributed by atoms with van der Waals surface area (Å²) in [5.74, 6) is 1.81. The topological polar surface area (TPSA) is 53.0 Å². The molecule has 6 nitrogen and oxygen atoms in total. The maximum absolute atomic E-state index is 6.26. The van der Waals surface area contributed by atoms with Crippen molar-refractivity contribution in [3.8, 4) is 0 Å². The maximum Gasteiger partial charge on any atom is 0.193 e. The van der Waals surface area contributed by atoms with Crippen LogP contribution in [-0.2, 0) is 17.8 Å². The molecule has 0 saturated carbocycles. The lowest BCUT2D eigenvalue weighted by Crippen LogP contribution is -2.38. The van der Waals surface area contributed by atoms with Crippen molar-refractivity contribution in [2.24, 2.45) is 4.99 Å². The van der Waals surface area contributed by atoms with Crippen LogP contribution >= 0.6 is 35.6 Å². The van der Waals surface area contributed by atoms with E-state index in [1.165, 1.54) is 0 Å². The fourth-order valence-electron chi connectivity index (χ4n) is 3.02. The second-order valence-electron chi connectivity index (χ2n) is 6.47. The van der Waals surface area contributed by atoms with E-state index in [-0.39, 0.29) is 24.0 Å². The molecule has 0 aliphatic carbocycles. The number of aliphatic imine (C=N–C) groups is 1. The Kier molecular flexibility index (Phi) is 9.27. The number of anilines is 1. The third-order valence-electron chi connectivity index (χ3n) is 4.53. The van der Waals surface area contributed by atoms with Crippen molar-refractivity contribution in [3.63, 3.8) is 0 Å². The van der Waals surface area contributed by atoms with E-state index in [0.717, 1.165) is 54.2 Å². The van der Waals surface area contributed by atoms with Gasteiger partial charge in [-0.2, -0.15) is 0 Å². The number of hydrogen-bond donors (Lipinski definition) is 1. The lowest BCUT2D eigenvalue weighted by atomic mass is 10.2. The molecule has 0 spiro atoms. The van der Waals surface area contributed by atoms with E-state index < -0.39 is 0 Å². The van der Waals surface area contributed by atoms with Crippen LogP contribution in [0.15, 0.2) is 47.6 Å². The van der Waals surface area contributed by atoms with Gasteiger partial charge in [0, 0.05) is 51.5 Å². The zero-order valence-electron chi connectivity index (χ0n) is 16.3. The predicted octanol–water partition coefficient (Wildman–Crippen LogP) is 3.40. The quantitative estimate of drug-likeness (QED) is 0.376. The van der Waals surface area contributed by atoms with E-state index in [4.69, 9.17) is 16.3 Å². The van der Waals surface area contributed by atoms with Crippen LogP contribution in [0, 0.1) is 0 Å². The Morgan fingerprint density at radius 3 is 2.64 bits per heavy atom. The van der Waals surface area contributed by atoms with Crippen LogP contribution in [0.3, 0.4) is 0 Å². The van der Waals surface area contributed by atoms with Gasteiger partial charge in [0.1, 0.15) is 5.82 Å². The fraction of sp³-hybridized carbons (Fsp3) is 0.400. The van der Waals surface area contributed by atoms with Gasteiger partial charge >= 0.3 is 0 Å². The second-order valence-corrected chi connectivity index (χ2v) is 6.88. The van der Waals surface area contributed by atoms with Gasteiger partial charge < -0.3 is 19.9 Å². The average Bonchev–Trinajstić information content (AvgIpc) is 2.71. The van der Waals surface area contributed by atoms with E-state index in [9.17, 15) is 0 Å². The van der Waals surface area contributed by atoms with Gasteiger partial charge in [-0.1, -0.05) is 35.9 Å². The molecule has 1 aliphatic rings. The van der Waals surface area contributed by atoms with E-state index in [0.29, 0.717) is 13.1 Å². The Bertz CT molecular complexity index is 765. The van der Waals surface area contributed by atoms with Crippen LogP contribution in [0.2, 0.25) is 5.02 Å². The van der Waals surface area contributed by atoms with Crippen LogP contribution in [0.4, 0.5) is 5.82 Å². The lowest BCUT2D eigenvalue weighted by Gasteiger charge is -2.27. The SMILES string of the molecule is CN=C(NCc1ccc(N2CCOCC2)nc1)N(C)Cc1ccccc1Cl.I. The Hall–Kier alpha value is -1.58. The molecule has 0 amide bonds. The molecule has 0 radical (unpaired) electrons. The number of guanidine groups is 1. The number of hydrogen-bond acceptors (Lipinski definition) is 4. The number of rotatable bonds is 5. The molecule has 1 fully saturated rings. The lowest BCUT2D eigenvalue weighted by molar-refractivity contribution is 0.122. The Morgan fingerprint density at radius 2 is 2.00 bits per heavy atom. The second kappa shape index (κ2) is 11.4. The molecule has 2 aromatic rings. The minimum atomic E-state index is 0. The van der Waals surface area contributed by atoms with Gasteiger partial charge in [-0.25, -0.2) is 4.98 Å². The van der Waals surface area contributed by atoms with Crippen molar-refractivity contribution in [2.75, 3.05) is 45.3 Å². The highest BCUT2D eigenvalue weighted by atomic mass is 127. The van der Waals surface area contributed by atoms with Crippen molar-refractivity contribution < 1.29 is 4.74 Å². The Balaban J connectivity index is 0.00000280. The highest BCUT2D eigenvalue weighted by molar-refractivity contribution is 14.0. The highest BCUT2D eigenvalue weighted by Crippen LogP contribution is 2.17. The molecular formula is C20H27ClIN5O. The number of ether oxygens (including phenoxy) is 1. The summed E-state index contributed by atoms with van der Waals surface area (Å²) in [6, 6.07) is 12.0. The van der Waals surface area contributed by atoms with Gasteiger partial charge in [0.25, 0.3) is 0 Å². The number of nitrogens with one attached hydrogen (secondary N) is 1. The van der Waals surface area contributed by atoms with Crippen LogP contribution in [-0.4, -0.2) is 56.2 Å². The maximum atomic E-state index is 6.26. The van der Waals surface area contributed by atoms with Crippen molar-refractivity contribution in [1.82, 2.24) is 15.2 Å². The molecular weight excluding hydrogens is 489 g/mol. The molecule has 2 heterocycles. The molecule has 1 saturated heterocycles.